The second kappa shape index (κ2) is 5.41. The number of hydrogen-bond acceptors (Lipinski definition) is 2. The van der Waals surface area contributed by atoms with Crippen molar-refractivity contribution in [1.29, 1.82) is 0 Å². The van der Waals surface area contributed by atoms with E-state index >= 15 is 0 Å². The lowest BCUT2D eigenvalue weighted by Gasteiger charge is -2.31. The highest BCUT2D eigenvalue weighted by Gasteiger charge is 2.35. The van der Waals surface area contributed by atoms with Gasteiger partial charge in [-0.1, -0.05) is 31.0 Å². The molecule has 100 valence electrons. The number of nitrogens with two attached hydrogens (primary N) is 1. The Labute approximate surface area is 110 Å². The van der Waals surface area contributed by atoms with Crippen LogP contribution in [-0.4, -0.2) is 18.3 Å². The first-order chi connectivity index (χ1) is 8.58. The van der Waals surface area contributed by atoms with E-state index in [9.17, 15) is 5.11 Å². The van der Waals surface area contributed by atoms with Gasteiger partial charge in [-0.25, -0.2) is 0 Å². The minimum Gasteiger partial charge on any atom is -0.396 e. The van der Waals surface area contributed by atoms with Crippen molar-refractivity contribution in [1.82, 2.24) is 0 Å². The molecule has 0 amide bonds. The highest BCUT2D eigenvalue weighted by Crippen LogP contribution is 2.41. The minimum atomic E-state index is -0.108. The Morgan fingerprint density at radius 3 is 2.50 bits per heavy atom. The molecule has 0 aromatic heterocycles. The first kappa shape index (κ1) is 13.6. The van der Waals surface area contributed by atoms with Crippen LogP contribution >= 0.6 is 0 Å². The smallest absolute Gasteiger partial charge is 0.0502 e. The van der Waals surface area contributed by atoms with Crippen molar-refractivity contribution >= 4 is 0 Å². The van der Waals surface area contributed by atoms with E-state index in [0.717, 1.165) is 18.8 Å². The molecule has 18 heavy (non-hydrogen) atoms. The second-order valence-corrected chi connectivity index (χ2v) is 6.11. The van der Waals surface area contributed by atoms with Gasteiger partial charge in [-0.2, -0.15) is 0 Å². The van der Waals surface area contributed by atoms with Gasteiger partial charge < -0.3 is 10.8 Å². The number of aliphatic hydroxyl groups is 1. The first-order valence-corrected chi connectivity index (χ1v) is 6.96. The summed E-state index contributed by atoms with van der Waals surface area (Å²) >= 11 is 0. The second-order valence-electron chi connectivity index (χ2n) is 6.11. The zero-order valence-electron chi connectivity index (χ0n) is 11.6. The van der Waals surface area contributed by atoms with Crippen LogP contribution in [0.15, 0.2) is 18.2 Å². The molecule has 1 aromatic carbocycles. The van der Waals surface area contributed by atoms with Crippen LogP contribution < -0.4 is 5.73 Å². The summed E-state index contributed by atoms with van der Waals surface area (Å²) in [5.74, 6) is 0.798. The van der Waals surface area contributed by atoms with E-state index in [1.165, 1.54) is 29.5 Å². The Hall–Kier alpha value is -0.860. The van der Waals surface area contributed by atoms with Crippen LogP contribution in [0, 0.1) is 25.2 Å². The van der Waals surface area contributed by atoms with E-state index in [1.807, 2.05) is 0 Å². The molecular formula is C16H25NO. The predicted molar refractivity (Wildman–Crippen MR) is 75.5 cm³/mol. The van der Waals surface area contributed by atoms with Crippen molar-refractivity contribution in [3.63, 3.8) is 0 Å². The molecule has 2 nitrogen and oxygen atoms in total. The van der Waals surface area contributed by atoms with Crippen LogP contribution in [0.1, 0.15) is 36.0 Å². The van der Waals surface area contributed by atoms with Gasteiger partial charge in [0.05, 0.1) is 6.61 Å². The zero-order chi connectivity index (χ0) is 13.2. The fourth-order valence-electron chi connectivity index (χ4n) is 2.69. The molecule has 1 aliphatic carbocycles. The molecule has 1 fully saturated rings. The van der Waals surface area contributed by atoms with Gasteiger partial charge in [0.15, 0.2) is 0 Å². The minimum absolute atomic E-state index is 0.108. The van der Waals surface area contributed by atoms with Crippen molar-refractivity contribution in [3.8, 4) is 0 Å². The quantitative estimate of drug-likeness (QED) is 0.811. The monoisotopic (exact) mass is 247 g/mol. The summed E-state index contributed by atoms with van der Waals surface area (Å²) in [5, 5.41) is 9.76. The molecule has 0 heterocycles. The molecule has 0 radical (unpaired) electrons. The number of hydrogen-bond donors (Lipinski definition) is 2. The number of rotatable bonds is 6. The third-order valence-electron chi connectivity index (χ3n) is 4.34. The molecule has 0 aliphatic heterocycles. The molecule has 0 spiro atoms. The van der Waals surface area contributed by atoms with Gasteiger partial charge in [-0.15, -0.1) is 0 Å². The molecule has 1 aliphatic rings. The van der Waals surface area contributed by atoms with Crippen LogP contribution in [-0.2, 0) is 6.42 Å². The van der Waals surface area contributed by atoms with E-state index in [1.54, 1.807) is 0 Å². The molecule has 1 saturated carbocycles. The van der Waals surface area contributed by atoms with Crippen LogP contribution in [0.2, 0.25) is 0 Å². The van der Waals surface area contributed by atoms with Crippen LogP contribution in [0.25, 0.3) is 0 Å². The fourth-order valence-corrected chi connectivity index (χ4v) is 2.69. The average Bonchev–Trinajstić information content (AvgIpc) is 3.17. The zero-order valence-corrected chi connectivity index (χ0v) is 11.6. The normalized spacial score (nSPS) is 18.7. The summed E-state index contributed by atoms with van der Waals surface area (Å²) in [5.41, 5.74) is 9.79. The summed E-state index contributed by atoms with van der Waals surface area (Å²) in [6.07, 6.45) is 4.61. The summed E-state index contributed by atoms with van der Waals surface area (Å²) in [6, 6.07) is 6.58. The highest BCUT2D eigenvalue weighted by atomic mass is 16.3. The van der Waals surface area contributed by atoms with Crippen molar-refractivity contribution < 1.29 is 5.11 Å². The third kappa shape index (κ3) is 3.12. The molecule has 2 rings (SSSR count). The van der Waals surface area contributed by atoms with E-state index in [-0.39, 0.29) is 12.0 Å². The van der Waals surface area contributed by atoms with E-state index in [4.69, 9.17) is 5.73 Å². The maximum atomic E-state index is 9.76. The van der Waals surface area contributed by atoms with Crippen molar-refractivity contribution in [3.05, 3.63) is 34.9 Å². The highest BCUT2D eigenvalue weighted by molar-refractivity contribution is 5.30. The Kier molecular flexibility index (Phi) is 4.08. The number of aryl methyl sites for hydroxylation is 2. The van der Waals surface area contributed by atoms with Gasteiger partial charge >= 0.3 is 0 Å². The molecule has 2 heteroatoms. The van der Waals surface area contributed by atoms with E-state index in [0.29, 0.717) is 6.54 Å². The van der Waals surface area contributed by atoms with Gasteiger partial charge in [-0.05, 0) is 49.3 Å². The van der Waals surface area contributed by atoms with Crippen molar-refractivity contribution in [2.75, 3.05) is 13.2 Å². The lowest BCUT2D eigenvalue weighted by atomic mass is 9.77. The van der Waals surface area contributed by atoms with Gasteiger partial charge in [0.25, 0.3) is 0 Å². The number of aliphatic hydroxyl groups excluding tert-OH is 1. The Bertz CT molecular complexity index is 406. The Morgan fingerprint density at radius 2 is 2.00 bits per heavy atom. The van der Waals surface area contributed by atoms with Gasteiger partial charge in [0.1, 0.15) is 0 Å². The van der Waals surface area contributed by atoms with Crippen molar-refractivity contribution in [2.24, 2.45) is 17.1 Å². The molecule has 1 aromatic rings. The van der Waals surface area contributed by atoms with Crippen LogP contribution in [0.5, 0.6) is 0 Å². The predicted octanol–water partition coefficient (Wildman–Crippen LogP) is 2.58. The average molecular weight is 247 g/mol. The third-order valence-corrected chi connectivity index (χ3v) is 4.34. The van der Waals surface area contributed by atoms with Crippen molar-refractivity contribution in [2.45, 2.75) is 39.5 Å². The van der Waals surface area contributed by atoms with Gasteiger partial charge in [0, 0.05) is 12.0 Å². The maximum absolute atomic E-state index is 9.76. The van der Waals surface area contributed by atoms with E-state index in [2.05, 4.69) is 32.0 Å². The molecule has 1 atom stereocenters. The summed E-state index contributed by atoms with van der Waals surface area (Å²) in [6.45, 7) is 5.05. The molecule has 3 N–H and O–H groups in total. The molecule has 0 bridgehead atoms. The van der Waals surface area contributed by atoms with E-state index < -0.39 is 0 Å². The summed E-state index contributed by atoms with van der Waals surface area (Å²) in [4.78, 5) is 0. The SMILES string of the molecule is Cc1ccc(CC(CN)(CO)CC2CC2)cc1C. The Balaban J connectivity index is 2.13. The lowest BCUT2D eigenvalue weighted by molar-refractivity contribution is 0.115. The van der Waals surface area contributed by atoms with Crippen LogP contribution in [0.4, 0.5) is 0 Å². The molecule has 1 unspecified atom stereocenters. The van der Waals surface area contributed by atoms with Gasteiger partial charge in [-0.3, -0.25) is 0 Å². The number of benzene rings is 1. The standard InChI is InChI=1S/C16H25NO/c1-12-3-4-15(7-13(12)2)9-16(10-17,11-18)8-14-5-6-14/h3-4,7,14,18H,5-6,8-11,17H2,1-2H3. The summed E-state index contributed by atoms with van der Waals surface area (Å²) in [7, 11) is 0. The largest absolute Gasteiger partial charge is 0.396 e. The lowest BCUT2D eigenvalue weighted by Crippen LogP contribution is -2.37. The molecule has 0 saturated heterocycles. The Morgan fingerprint density at radius 1 is 1.28 bits per heavy atom. The van der Waals surface area contributed by atoms with Gasteiger partial charge in [0.2, 0.25) is 0 Å². The van der Waals surface area contributed by atoms with Crippen LogP contribution in [0.3, 0.4) is 0 Å². The topological polar surface area (TPSA) is 46.2 Å². The first-order valence-electron chi connectivity index (χ1n) is 6.96. The fraction of sp³-hybridized carbons (Fsp3) is 0.625. The molecular weight excluding hydrogens is 222 g/mol. The summed E-state index contributed by atoms with van der Waals surface area (Å²) < 4.78 is 0. The maximum Gasteiger partial charge on any atom is 0.0502 e.